The molecular formula is C15H21ClN2. The molecule has 0 amide bonds. The molecule has 2 nitrogen and oxygen atoms in total. The molecule has 0 spiro atoms. The first-order valence-electron chi connectivity index (χ1n) is 6.64. The first-order valence-corrected chi connectivity index (χ1v) is 7.02. The van der Waals surface area contributed by atoms with Crippen molar-refractivity contribution >= 4 is 22.5 Å². The molecule has 1 aromatic carbocycles. The molecule has 0 aliphatic carbocycles. The summed E-state index contributed by atoms with van der Waals surface area (Å²) < 4.78 is 2.31. The van der Waals surface area contributed by atoms with Crippen molar-refractivity contribution < 1.29 is 0 Å². The third kappa shape index (κ3) is 2.88. The maximum absolute atomic E-state index is 6.10. The topological polar surface area (TPSA) is 30.9 Å². The number of rotatable bonds is 5. The zero-order valence-corrected chi connectivity index (χ0v) is 11.9. The molecule has 18 heavy (non-hydrogen) atoms. The summed E-state index contributed by atoms with van der Waals surface area (Å²) in [4.78, 5) is 0. The van der Waals surface area contributed by atoms with Crippen LogP contribution in [-0.4, -0.2) is 10.6 Å². The summed E-state index contributed by atoms with van der Waals surface area (Å²) in [6, 6.07) is 6.30. The van der Waals surface area contributed by atoms with Gasteiger partial charge in [-0.2, -0.15) is 0 Å². The molecule has 98 valence electrons. The predicted octanol–water partition coefficient (Wildman–Crippen LogP) is 3.98. The second-order valence-corrected chi connectivity index (χ2v) is 5.48. The summed E-state index contributed by atoms with van der Waals surface area (Å²) in [6.07, 6.45) is 5.54. The number of fused-ring (bicyclic) bond motifs is 1. The van der Waals surface area contributed by atoms with Gasteiger partial charge in [0, 0.05) is 34.7 Å². The van der Waals surface area contributed by atoms with Crippen LogP contribution in [0.3, 0.4) is 0 Å². The Morgan fingerprint density at radius 3 is 2.83 bits per heavy atom. The number of halogens is 1. The SMILES string of the molecule is CCCCn1cc(CC(C)N)c2ccc(Cl)cc21. The molecule has 0 aliphatic heterocycles. The van der Waals surface area contributed by atoms with E-state index in [0.29, 0.717) is 0 Å². The van der Waals surface area contributed by atoms with Crippen LogP contribution in [0, 0.1) is 0 Å². The van der Waals surface area contributed by atoms with Crippen molar-refractivity contribution in [2.75, 3.05) is 0 Å². The van der Waals surface area contributed by atoms with E-state index in [1.165, 1.54) is 29.3 Å². The van der Waals surface area contributed by atoms with Gasteiger partial charge in [-0.3, -0.25) is 0 Å². The van der Waals surface area contributed by atoms with Crippen molar-refractivity contribution in [2.24, 2.45) is 5.73 Å². The largest absolute Gasteiger partial charge is 0.347 e. The zero-order valence-electron chi connectivity index (χ0n) is 11.1. The molecule has 2 aromatic rings. The third-order valence-corrected chi connectivity index (χ3v) is 3.46. The fraction of sp³-hybridized carbons (Fsp3) is 0.467. The van der Waals surface area contributed by atoms with Crippen LogP contribution in [-0.2, 0) is 13.0 Å². The van der Waals surface area contributed by atoms with Gasteiger partial charge in [0.2, 0.25) is 0 Å². The minimum absolute atomic E-state index is 0.186. The minimum Gasteiger partial charge on any atom is -0.347 e. The van der Waals surface area contributed by atoms with Crippen molar-refractivity contribution in [3.63, 3.8) is 0 Å². The summed E-state index contributed by atoms with van der Waals surface area (Å²) in [5.74, 6) is 0. The molecule has 0 saturated carbocycles. The van der Waals surface area contributed by atoms with Gasteiger partial charge in [0.15, 0.2) is 0 Å². The Kier molecular flexibility index (Phi) is 4.31. The minimum atomic E-state index is 0.186. The van der Waals surface area contributed by atoms with Gasteiger partial charge in [0.05, 0.1) is 0 Å². The Labute approximate surface area is 114 Å². The molecule has 0 bridgehead atoms. The van der Waals surface area contributed by atoms with Crippen LogP contribution in [0.25, 0.3) is 10.9 Å². The van der Waals surface area contributed by atoms with Crippen molar-refractivity contribution in [3.05, 3.63) is 35.0 Å². The van der Waals surface area contributed by atoms with Crippen molar-refractivity contribution in [1.82, 2.24) is 4.57 Å². The maximum Gasteiger partial charge on any atom is 0.0498 e. The second kappa shape index (κ2) is 5.77. The summed E-state index contributed by atoms with van der Waals surface area (Å²) in [6.45, 7) is 5.30. The van der Waals surface area contributed by atoms with Gasteiger partial charge in [0.1, 0.15) is 0 Å². The van der Waals surface area contributed by atoms with Crippen LogP contribution in [0.1, 0.15) is 32.3 Å². The van der Waals surface area contributed by atoms with E-state index >= 15 is 0 Å². The van der Waals surface area contributed by atoms with Gasteiger partial charge in [-0.05, 0) is 37.5 Å². The highest BCUT2D eigenvalue weighted by atomic mass is 35.5. The highest BCUT2D eigenvalue weighted by Crippen LogP contribution is 2.26. The predicted molar refractivity (Wildman–Crippen MR) is 79.2 cm³/mol. The lowest BCUT2D eigenvalue weighted by atomic mass is 10.1. The van der Waals surface area contributed by atoms with Gasteiger partial charge in [0.25, 0.3) is 0 Å². The Balaban J connectivity index is 2.45. The molecule has 1 atom stereocenters. The summed E-state index contributed by atoms with van der Waals surface area (Å²) in [7, 11) is 0. The van der Waals surface area contributed by atoms with E-state index in [-0.39, 0.29) is 6.04 Å². The standard InChI is InChI=1S/C15H21ClN2/c1-3-4-7-18-10-12(8-11(2)17)14-6-5-13(16)9-15(14)18/h5-6,9-11H,3-4,7-8,17H2,1-2H3. The molecule has 2 N–H and O–H groups in total. The van der Waals surface area contributed by atoms with Gasteiger partial charge in [-0.15, -0.1) is 0 Å². The first kappa shape index (κ1) is 13.4. The molecule has 3 heteroatoms. The number of hydrogen-bond acceptors (Lipinski definition) is 1. The fourth-order valence-corrected chi connectivity index (χ4v) is 2.53. The summed E-state index contributed by atoms with van der Waals surface area (Å²) in [5.41, 5.74) is 8.47. The molecule has 0 fully saturated rings. The Bertz CT molecular complexity index is 529. The molecular weight excluding hydrogens is 244 g/mol. The van der Waals surface area contributed by atoms with E-state index in [1.807, 2.05) is 13.0 Å². The third-order valence-electron chi connectivity index (χ3n) is 3.22. The maximum atomic E-state index is 6.10. The van der Waals surface area contributed by atoms with Crippen LogP contribution in [0.4, 0.5) is 0 Å². The van der Waals surface area contributed by atoms with E-state index < -0.39 is 0 Å². The number of unbranched alkanes of at least 4 members (excludes halogenated alkanes) is 1. The number of benzene rings is 1. The second-order valence-electron chi connectivity index (χ2n) is 5.04. The summed E-state index contributed by atoms with van der Waals surface area (Å²) in [5, 5.41) is 2.08. The number of aromatic nitrogens is 1. The van der Waals surface area contributed by atoms with Crippen LogP contribution < -0.4 is 5.73 Å². The Morgan fingerprint density at radius 2 is 2.17 bits per heavy atom. The van der Waals surface area contributed by atoms with Crippen LogP contribution >= 0.6 is 11.6 Å². The molecule has 0 aliphatic rings. The monoisotopic (exact) mass is 264 g/mol. The van der Waals surface area contributed by atoms with Gasteiger partial charge >= 0.3 is 0 Å². The number of aryl methyl sites for hydroxylation is 1. The highest BCUT2D eigenvalue weighted by molar-refractivity contribution is 6.31. The number of nitrogens with two attached hydrogens (primary N) is 1. The first-order chi connectivity index (χ1) is 8.61. The zero-order chi connectivity index (χ0) is 13.1. The molecule has 1 heterocycles. The van der Waals surface area contributed by atoms with Gasteiger partial charge in [-0.25, -0.2) is 0 Å². The Hall–Kier alpha value is -0.990. The van der Waals surface area contributed by atoms with E-state index in [4.69, 9.17) is 17.3 Å². The normalized spacial score (nSPS) is 13.1. The van der Waals surface area contributed by atoms with E-state index in [0.717, 1.165) is 18.0 Å². The summed E-state index contributed by atoms with van der Waals surface area (Å²) >= 11 is 6.10. The van der Waals surface area contributed by atoms with E-state index in [2.05, 4.69) is 29.8 Å². The molecule has 1 unspecified atom stereocenters. The van der Waals surface area contributed by atoms with Crippen LogP contribution in [0.5, 0.6) is 0 Å². The van der Waals surface area contributed by atoms with Crippen LogP contribution in [0.15, 0.2) is 24.4 Å². The van der Waals surface area contributed by atoms with E-state index in [1.54, 1.807) is 0 Å². The van der Waals surface area contributed by atoms with Gasteiger partial charge in [-0.1, -0.05) is 31.0 Å². The Morgan fingerprint density at radius 1 is 1.39 bits per heavy atom. The van der Waals surface area contributed by atoms with Crippen molar-refractivity contribution in [3.8, 4) is 0 Å². The van der Waals surface area contributed by atoms with Crippen LogP contribution in [0.2, 0.25) is 5.02 Å². The lowest BCUT2D eigenvalue weighted by Gasteiger charge is -2.03. The molecule has 0 saturated heterocycles. The van der Waals surface area contributed by atoms with Crippen molar-refractivity contribution in [1.29, 1.82) is 0 Å². The van der Waals surface area contributed by atoms with Gasteiger partial charge < -0.3 is 10.3 Å². The lowest BCUT2D eigenvalue weighted by Crippen LogP contribution is -2.17. The fourth-order valence-electron chi connectivity index (χ4n) is 2.36. The average molecular weight is 265 g/mol. The highest BCUT2D eigenvalue weighted by Gasteiger charge is 2.10. The number of hydrogen-bond donors (Lipinski definition) is 1. The lowest BCUT2D eigenvalue weighted by molar-refractivity contribution is 0.646. The van der Waals surface area contributed by atoms with Crippen molar-refractivity contribution in [2.45, 2.75) is 45.7 Å². The smallest absolute Gasteiger partial charge is 0.0498 e. The molecule has 0 radical (unpaired) electrons. The average Bonchev–Trinajstić information content (AvgIpc) is 2.63. The van der Waals surface area contributed by atoms with E-state index in [9.17, 15) is 0 Å². The quantitative estimate of drug-likeness (QED) is 0.870. The number of nitrogens with zero attached hydrogens (tertiary/aromatic N) is 1. The molecule has 1 aromatic heterocycles. The molecule has 2 rings (SSSR count).